The summed E-state index contributed by atoms with van der Waals surface area (Å²) in [6.07, 6.45) is -0.560. The van der Waals surface area contributed by atoms with E-state index in [1.54, 1.807) is 0 Å². The highest BCUT2D eigenvalue weighted by Crippen LogP contribution is 2.33. The predicted molar refractivity (Wildman–Crippen MR) is 121 cm³/mol. The molecular formula is C25H27N3O2. The number of para-hydroxylation sites is 1. The van der Waals surface area contributed by atoms with Gasteiger partial charge in [0.15, 0.2) is 0 Å². The third kappa shape index (κ3) is 3.92. The molecule has 0 aliphatic carbocycles. The maximum atomic E-state index is 10.8. The molecule has 0 amide bonds. The normalized spacial score (nSPS) is 15.5. The number of aromatic nitrogens is 1. The molecule has 0 saturated carbocycles. The number of benzene rings is 3. The summed E-state index contributed by atoms with van der Waals surface area (Å²) in [4.78, 5) is 5.79. The summed E-state index contributed by atoms with van der Waals surface area (Å²) in [5.41, 5.74) is 3.41. The fourth-order valence-electron chi connectivity index (χ4n) is 4.19. The minimum Gasteiger partial charge on any atom is -0.490 e. The van der Waals surface area contributed by atoms with E-state index in [9.17, 15) is 5.11 Å². The van der Waals surface area contributed by atoms with Crippen LogP contribution in [0.15, 0.2) is 72.8 Å². The zero-order valence-electron chi connectivity index (χ0n) is 16.9. The van der Waals surface area contributed by atoms with Gasteiger partial charge in [0.25, 0.3) is 0 Å². The first-order valence-corrected chi connectivity index (χ1v) is 10.6. The summed E-state index contributed by atoms with van der Waals surface area (Å²) in [7, 11) is 0. The number of aliphatic hydroxyl groups is 1. The molecule has 1 fully saturated rings. The lowest BCUT2D eigenvalue weighted by molar-refractivity contribution is 0.0367. The predicted octanol–water partition coefficient (Wildman–Crippen LogP) is 3.53. The summed E-state index contributed by atoms with van der Waals surface area (Å²) in [6.45, 7) is 3.63. The van der Waals surface area contributed by atoms with Crippen LogP contribution in [0.2, 0.25) is 0 Å². The quantitative estimate of drug-likeness (QED) is 0.423. The maximum absolute atomic E-state index is 10.8. The van der Waals surface area contributed by atoms with Crippen LogP contribution in [0.5, 0.6) is 5.75 Å². The van der Waals surface area contributed by atoms with Gasteiger partial charge in [-0.15, -0.1) is 0 Å². The third-order valence-corrected chi connectivity index (χ3v) is 5.87. The molecule has 0 radical (unpaired) electrons. The highest BCUT2D eigenvalue weighted by atomic mass is 16.5. The van der Waals surface area contributed by atoms with Crippen LogP contribution in [0.1, 0.15) is 5.56 Å². The van der Waals surface area contributed by atoms with Crippen molar-refractivity contribution in [3.8, 4) is 5.75 Å². The molecule has 0 bridgehead atoms. The van der Waals surface area contributed by atoms with E-state index in [1.807, 2.05) is 30.3 Å². The van der Waals surface area contributed by atoms with Crippen molar-refractivity contribution in [2.24, 2.45) is 0 Å². The number of H-pyrrole nitrogens is 1. The van der Waals surface area contributed by atoms with Gasteiger partial charge in [-0.05, 0) is 23.8 Å². The molecule has 3 N–H and O–H groups in total. The zero-order chi connectivity index (χ0) is 20.3. The van der Waals surface area contributed by atoms with E-state index >= 15 is 0 Å². The number of hydrogen-bond donors (Lipinski definition) is 3. The number of fused-ring (bicyclic) bond motifs is 3. The number of hydrogen-bond acceptors (Lipinski definition) is 4. The molecule has 1 unspecified atom stereocenters. The van der Waals surface area contributed by atoms with Crippen LogP contribution in [0.4, 0.5) is 0 Å². The van der Waals surface area contributed by atoms with Gasteiger partial charge in [-0.3, -0.25) is 4.90 Å². The first-order valence-electron chi connectivity index (χ1n) is 10.6. The number of nitrogens with one attached hydrogen (secondary N) is 2. The van der Waals surface area contributed by atoms with Gasteiger partial charge in [0, 0.05) is 48.5 Å². The Morgan fingerprint density at radius 1 is 0.933 bits per heavy atom. The fourth-order valence-corrected chi connectivity index (χ4v) is 4.19. The smallest absolute Gasteiger partial charge is 0.129 e. The van der Waals surface area contributed by atoms with Gasteiger partial charge in [0.1, 0.15) is 18.5 Å². The van der Waals surface area contributed by atoms with Crippen LogP contribution in [-0.2, 0) is 6.54 Å². The third-order valence-electron chi connectivity index (χ3n) is 5.87. The van der Waals surface area contributed by atoms with E-state index in [-0.39, 0.29) is 6.61 Å². The lowest BCUT2D eigenvalue weighted by Gasteiger charge is -2.39. The highest BCUT2D eigenvalue weighted by molar-refractivity contribution is 6.10. The Balaban J connectivity index is 1.29. The van der Waals surface area contributed by atoms with Crippen molar-refractivity contribution >= 4 is 21.8 Å². The van der Waals surface area contributed by atoms with Crippen molar-refractivity contribution in [2.45, 2.75) is 18.7 Å². The molecular weight excluding hydrogens is 374 g/mol. The molecule has 1 atom stereocenters. The molecule has 2 heterocycles. The van der Waals surface area contributed by atoms with E-state index in [1.165, 1.54) is 5.56 Å². The summed E-state index contributed by atoms with van der Waals surface area (Å²) >= 11 is 0. The molecule has 154 valence electrons. The van der Waals surface area contributed by atoms with Crippen LogP contribution in [0.25, 0.3) is 21.8 Å². The standard InChI is InChI=1S/C25H27N3O2/c29-20(16-28(19-13-26-14-19)15-18-7-2-1-3-8-18)17-30-24-12-6-11-23-25(24)21-9-4-5-10-22(21)27-23/h1-12,19-20,26-27,29H,13-17H2. The van der Waals surface area contributed by atoms with Crippen LogP contribution in [0, 0.1) is 0 Å². The van der Waals surface area contributed by atoms with Crippen molar-refractivity contribution in [1.82, 2.24) is 15.2 Å². The lowest BCUT2D eigenvalue weighted by atomic mass is 10.1. The Bertz CT molecular complexity index is 1120. The molecule has 5 nitrogen and oxygen atoms in total. The second-order valence-electron chi connectivity index (χ2n) is 8.04. The van der Waals surface area contributed by atoms with Gasteiger partial charge >= 0.3 is 0 Å². The van der Waals surface area contributed by atoms with Crippen LogP contribution in [-0.4, -0.2) is 53.4 Å². The van der Waals surface area contributed by atoms with Crippen molar-refractivity contribution in [3.05, 3.63) is 78.4 Å². The van der Waals surface area contributed by atoms with Crippen molar-refractivity contribution in [3.63, 3.8) is 0 Å². The second-order valence-corrected chi connectivity index (χ2v) is 8.04. The Morgan fingerprint density at radius 3 is 2.50 bits per heavy atom. The molecule has 1 aromatic heterocycles. The second kappa shape index (κ2) is 8.48. The van der Waals surface area contributed by atoms with Gasteiger partial charge in [0.2, 0.25) is 0 Å². The molecule has 4 aromatic rings. The van der Waals surface area contributed by atoms with Crippen molar-refractivity contribution in [1.29, 1.82) is 0 Å². The van der Waals surface area contributed by atoms with Gasteiger partial charge < -0.3 is 20.1 Å². The lowest BCUT2D eigenvalue weighted by Crippen LogP contribution is -2.58. The SMILES string of the molecule is OC(COc1cccc2[nH]c3ccccc3c12)CN(Cc1ccccc1)C1CNC1. The molecule has 1 saturated heterocycles. The Labute approximate surface area is 176 Å². The number of nitrogens with zero attached hydrogens (tertiary/aromatic N) is 1. The molecule has 5 rings (SSSR count). The molecule has 5 heteroatoms. The van der Waals surface area contributed by atoms with Crippen LogP contribution >= 0.6 is 0 Å². The zero-order valence-corrected chi connectivity index (χ0v) is 16.9. The van der Waals surface area contributed by atoms with Crippen molar-refractivity contribution in [2.75, 3.05) is 26.2 Å². The summed E-state index contributed by atoms with van der Waals surface area (Å²) in [5.74, 6) is 0.809. The summed E-state index contributed by atoms with van der Waals surface area (Å²) in [6, 6.07) is 25.2. The molecule has 30 heavy (non-hydrogen) atoms. The molecule has 0 spiro atoms. The minimum atomic E-state index is -0.560. The first kappa shape index (κ1) is 19.1. The number of aromatic amines is 1. The van der Waals surface area contributed by atoms with Gasteiger partial charge in [-0.25, -0.2) is 0 Å². The Hall–Kier alpha value is -2.86. The van der Waals surface area contributed by atoms with Gasteiger partial charge in [0.05, 0.1) is 5.52 Å². The Kier molecular flexibility index (Phi) is 5.41. The minimum absolute atomic E-state index is 0.268. The van der Waals surface area contributed by atoms with E-state index in [0.29, 0.717) is 12.6 Å². The monoisotopic (exact) mass is 401 g/mol. The number of rotatable bonds is 8. The molecule has 3 aromatic carbocycles. The van der Waals surface area contributed by atoms with E-state index in [2.05, 4.69) is 57.7 Å². The van der Waals surface area contributed by atoms with Crippen molar-refractivity contribution < 1.29 is 9.84 Å². The van der Waals surface area contributed by atoms with E-state index in [0.717, 1.165) is 47.2 Å². The first-order chi connectivity index (χ1) is 14.8. The average Bonchev–Trinajstić information content (AvgIpc) is 3.11. The number of ether oxygens (including phenoxy) is 1. The molecule has 1 aliphatic heterocycles. The van der Waals surface area contributed by atoms with Crippen LogP contribution < -0.4 is 10.1 Å². The largest absolute Gasteiger partial charge is 0.490 e. The van der Waals surface area contributed by atoms with E-state index in [4.69, 9.17) is 4.74 Å². The summed E-state index contributed by atoms with van der Waals surface area (Å²) in [5, 5.41) is 16.3. The fraction of sp³-hybridized carbons (Fsp3) is 0.280. The highest BCUT2D eigenvalue weighted by Gasteiger charge is 2.26. The topological polar surface area (TPSA) is 60.5 Å². The van der Waals surface area contributed by atoms with Gasteiger partial charge in [-0.2, -0.15) is 0 Å². The Morgan fingerprint density at radius 2 is 1.70 bits per heavy atom. The van der Waals surface area contributed by atoms with E-state index < -0.39 is 6.10 Å². The number of aliphatic hydroxyl groups excluding tert-OH is 1. The summed E-state index contributed by atoms with van der Waals surface area (Å²) < 4.78 is 6.12. The maximum Gasteiger partial charge on any atom is 0.129 e. The van der Waals surface area contributed by atoms with Crippen LogP contribution in [0.3, 0.4) is 0 Å². The van der Waals surface area contributed by atoms with Gasteiger partial charge in [-0.1, -0.05) is 54.6 Å². The molecule has 1 aliphatic rings. The average molecular weight is 402 g/mol.